The van der Waals surface area contributed by atoms with Crippen LogP contribution >= 0.6 is 0 Å². The van der Waals surface area contributed by atoms with Gasteiger partial charge in [-0.15, -0.1) is 0 Å². The molecule has 0 saturated heterocycles. The molecule has 0 amide bonds. The SMILES string of the molecule is COCCN(CCO)S(=O)(=O)N(C)C(C)C. The average molecular weight is 254 g/mol. The first-order chi connectivity index (χ1) is 7.37. The van der Waals surface area contributed by atoms with Gasteiger partial charge in [-0.2, -0.15) is 17.0 Å². The van der Waals surface area contributed by atoms with Gasteiger partial charge < -0.3 is 9.84 Å². The second-order valence-corrected chi connectivity index (χ2v) is 5.72. The molecule has 0 unspecified atom stereocenters. The van der Waals surface area contributed by atoms with Gasteiger partial charge in [0, 0.05) is 33.3 Å². The molecule has 0 aliphatic heterocycles. The molecular formula is C9H22N2O4S. The number of hydrogen-bond donors (Lipinski definition) is 1. The molecule has 0 atom stereocenters. The molecule has 1 N–H and O–H groups in total. The minimum Gasteiger partial charge on any atom is -0.395 e. The normalized spacial score (nSPS) is 13.0. The van der Waals surface area contributed by atoms with Crippen molar-refractivity contribution in [2.75, 3.05) is 40.5 Å². The largest absolute Gasteiger partial charge is 0.395 e. The summed E-state index contributed by atoms with van der Waals surface area (Å²) in [5.74, 6) is 0. The van der Waals surface area contributed by atoms with Crippen LogP contribution in [0.25, 0.3) is 0 Å². The van der Waals surface area contributed by atoms with Crippen molar-refractivity contribution in [3.05, 3.63) is 0 Å². The van der Waals surface area contributed by atoms with Crippen LogP contribution in [0.1, 0.15) is 13.8 Å². The Morgan fingerprint density at radius 3 is 2.25 bits per heavy atom. The molecule has 0 aromatic carbocycles. The topological polar surface area (TPSA) is 70.1 Å². The Morgan fingerprint density at radius 2 is 1.88 bits per heavy atom. The molecular weight excluding hydrogens is 232 g/mol. The average Bonchev–Trinajstić information content (AvgIpc) is 2.22. The predicted molar refractivity (Wildman–Crippen MR) is 62.4 cm³/mol. The van der Waals surface area contributed by atoms with Gasteiger partial charge in [0.2, 0.25) is 0 Å². The summed E-state index contributed by atoms with van der Waals surface area (Å²) in [7, 11) is -0.473. The van der Waals surface area contributed by atoms with Crippen LogP contribution in [0.15, 0.2) is 0 Å². The molecule has 16 heavy (non-hydrogen) atoms. The van der Waals surface area contributed by atoms with Crippen LogP contribution in [0, 0.1) is 0 Å². The summed E-state index contributed by atoms with van der Waals surface area (Å²) < 4.78 is 31.4. The fourth-order valence-corrected chi connectivity index (χ4v) is 2.61. The summed E-state index contributed by atoms with van der Waals surface area (Å²) in [6.45, 7) is 4.04. The molecule has 0 aliphatic rings. The number of hydrogen-bond acceptors (Lipinski definition) is 4. The minimum atomic E-state index is -3.51. The van der Waals surface area contributed by atoms with E-state index in [4.69, 9.17) is 9.84 Å². The van der Waals surface area contributed by atoms with Crippen molar-refractivity contribution >= 4 is 10.2 Å². The Bertz CT molecular complexity index is 279. The van der Waals surface area contributed by atoms with E-state index in [2.05, 4.69) is 0 Å². The van der Waals surface area contributed by atoms with Crippen molar-refractivity contribution in [3.63, 3.8) is 0 Å². The number of aliphatic hydroxyl groups excluding tert-OH is 1. The first kappa shape index (κ1) is 15.8. The van der Waals surface area contributed by atoms with E-state index in [9.17, 15) is 8.42 Å². The third-order valence-electron chi connectivity index (χ3n) is 2.31. The summed E-state index contributed by atoms with van der Waals surface area (Å²) in [6, 6.07) is -0.117. The highest BCUT2D eigenvalue weighted by atomic mass is 32.2. The van der Waals surface area contributed by atoms with E-state index < -0.39 is 10.2 Å². The third kappa shape index (κ3) is 4.34. The van der Waals surface area contributed by atoms with Gasteiger partial charge >= 0.3 is 0 Å². The van der Waals surface area contributed by atoms with Gasteiger partial charge in [-0.1, -0.05) is 0 Å². The molecule has 0 aromatic rings. The summed E-state index contributed by atoms with van der Waals surface area (Å²) in [4.78, 5) is 0. The van der Waals surface area contributed by atoms with Gasteiger partial charge in [-0.05, 0) is 13.8 Å². The zero-order chi connectivity index (χ0) is 12.8. The number of aliphatic hydroxyl groups is 1. The molecule has 0 aromatic heterocycles. The quantitative estimate of drug-likeness (QED) is 0.635. The lowest BCUT2D eigenvalue weighted by atomic mass is 10.4. The number of nitrogens with zero attached hydrogens (tertiary/aromatic N) is 2. The highest BCUT2D eigenvalue weighted by Gasteiger charge is 2.27. The first-order valence-electron chi connectivity index (χ1n) is 5.20. The second-order valence-electron chi connectivity index (χ2n) is 3.73. The fourth-order valence-electron chi connectivity index (χ4n) is 1.10. The molecule has 0 bridgehead atoms. The maximum Gasteiger partial charge on any atom is 0.282 e. The Morgan fingerprint density at radius 1 is 1.31 bits per heavy atom. The van der Waals surface area contributed by atoms with E-state index in [-0.39, 0.29) is 25.7 Å². The van der Waals surface area contributed by atoms with Crippen LogP contribution in [0.2, 0.25) is 0 Å². The summed E-state index contributed by atoms with van der Waals surface area (Å²) in [5, 5.41) is 8.85. The van der Waals surface area contributed by atoms with Gasteiger partial charge in [0.05, 0.1) is 13.2 Å². The minimum absolute atomic E-state index is 0.0861. The van der Waals surface area contributed by atoms with E-state index in [1.807, 2.05) is 0 Å². The van der Waals surface area contributed by atoms with Crippen molar-refractivity contribution in [2.24, 2.45) is 0 Å². The van der Waals surface area contributed by atoms with Crippen molar-refractivity contribution in [1.82, 2.24) is 8.61 Å². The molecule has 0 saturated carbocycles. The maximum absolute atomic E-state index is 12.1. The van der Waals surface area contributed by atoms with Crippen LogP contribution in [0.5, 0.6) is 0 Å². The third-order valence-corrected chi connectivity index (χ3v) is 4.48. The second kappa shape index (κ2) is 7.18. The van der Waals surface area contributed by atoms with Gasteiger partial charge in [0.1, 0.15) is 0 Å². The van der Waals surface area contributed by atoms with Crippen molar-refractivity contribution < 1.29 is 18.3 Å². The monoisotopic (exact) mass is 254 g/mol. The molecule has 0 aliphatic carbocycles. The molecule has 0 spiro atoms. The highest BCUT2D eigenvalue weighted by Crippen LogP contribution is 2.09. The van der Waals surface area contributed by atoms with E-state index in [0.29, 0.717) is 6.61 Å². The first-order valence-corrected chi connectivity index (χ1v) is 6.60. The lowest BCUT2D eigenvalue weighted by molar-refractivity contribution is 0.164. The Kier molecular flexibility index (Phi) is 7.09. The van der Waals surface area contributed by atoms with Gasteiger partial charge in [-0.3, -0.25) is 0 Å². The Balaban J connectivity index is 4.74. The molecule has 7 heteroatoms. The Labute approximate surface area is 98.0 Å². The lowest BCUT2D eigenvalue weighted by Crippen LogP contribution is -2.46. The molecule has 6 nitrogen and oxygen atoms in total. The predicted octanol–water partition coefficient (Wildman–Crippen LogP) is -0.488. The van der Waals surface area contributed by atoms with Crippen LogP contribution in [0.4, 0.5) is 0 Å². The fraction of sp³-hybridized carbons (Fsp3) is 1.00. The van der Waals surface area contributed by atoms with Gasteiger partial charge in [0.15, 0.2) is 0 Å². The number of ether oxygens (including phenoxy) is 1. The van der Waals surface area contributed by atoms with E-state index >= 15 is 0 Å². The molecule has 0 rings (SSSR count). The van der Waals surface area contributed by atoms with Crippen LogP contribution in [0.3, 0.4) is 0 Å². The van der Waals surface area contributed by atoms with Crippen LogP contribution in [-0.4, -0.2) is 68.6 Å². The zero-order valence-electron chi connectivity index (χ0n) is 10.4. The molecule has 0 fully saturated rings. The van der Waals surface area contributed by atoms with E-state index in [0.717, 1.165) is 0 Å². The van der Waals surface area contributed by atoms with Crippen LogP contribution in [-0.2, 0) is 14.9 Å². The number of methoxy groups -OCH3 is 1. The van der Waals surface area contributed by atoms with E-state index in [1.165, 1.54) is 22.8 Å². The molecule has 0 radical (unpaired) electrons. The highest BCUT2D eigenvalue weighted by molar-refractivity contribution is 7.86. The standard InChI is InChI=1S/C9H22N2O4S/c1-9(2)10(3)16(13,14)11(5-7-12)6-8-15-4/h9,12H,5-8H2,1-4H3. The maximum atomic E-state index is 12.1. The van der Waals surface area contributed by atoms with Crippen LogP contribution < -0.4 is 0 Å². The smallest absolute Gasteiger partial charge is 0.282 e. The van der Waals surface area contributed by atoms with Crippen molar-refractivity contribution in [2.45, 2.75) is 19.9 Å². The summed E-state index contributed by atoms with van der Waals surface area (Å²) >= 11 is 0. The summed E-state index contributed by atoms with van der Waals surface area (Å²) in [5.41, 5.74) is 0. The van der Waals surface area contributed by atoms with E-state index in [1.54, 1.807) is 13.8 Å². The number of rotatable bonds is 8. The van der Waals surface area contributed by atoms with Gasteiger partial charge in [-0.25, -0.2) is 0 Å². The molecule has 98 valence electrons. The molecule has 0 heterocycles. The van der Waals surface area contributed by atoms with Crippen molar-refractivity contribution in [3.8, 4) is 0 Å². The zero-order valence-corrected chi connectivity index (χ0v) is 11.2. The van der Waals surface area contributed by atoms with Gasteiger partial charge in [0.25, 0.3) is 10.2 Å². The van der Waals surface area contributed by atoms with Crippen molar-refractivity contribution in [1.29, 1.82) is 0 Å². The summed E-state index contributed by atoms with van der Waals surface area (Å²) in [6.07, 6.45) is 0. The Hall–Kier alpha value is -0.210. The lowest BCUT2D eigenvalue weighted by Gasteiger charge is -2.29.